The van der Waals surface area contributed by atoms with E-state index in [2.05, 4.69) is 16.0 Å². The second kappa shape index (κ2) is 15.1. The molecule has 3 heterocycles. The molecule has 8 N–H and O–H groups in total. The summed E-state index contributed by atoms with van der Waals surface area (Å²) in [7, 11) is 0. The molecule has 0 spiro atoms. The summed E-state index contributed by atoms with van der Waals surface area (Å²) in [6.45, 7) is 1.37. The number of nitrogens with zero attached hydrogens (tertiary/aromatic N) is 1. The summed E-state index contributed by atoms with van der Waals surface area (Å²) < 4.78 is 5.77. The lowest BCUT2D eigenvalue weighted by Crippen LogP contribution is -2.57. The zero-order chi connectivity index (χ0) is 30.8. The molecular formula is C31H40N6O6. The summed E-state index contributed by atoms with van der Waals surface area (Å²) in [5.74, 6) is -2.11. The third-order valence-corrected chi connectivity index (χ3v) is 7.53. The Morgan fingerprint density at radius 2 is 1.72 bits per heavy atom. The van der Waals surface area contributed by atoms with Crippen molar-refractivity contribution in [1.82, 2.24) is 20.9 Å². The first-order valence-electron chi connectivity index (χ1n) is 14.5. The van der Waals surface area contributed by atoms with Crippen molar-refractivity contribution in [1.29, 1.82) is 0 Å². The predicted octanol–water partition coefficient (Wildman–Crippen LogP) is 0.407. The van der Waals surface area contributed by atoms with E-state index in [1.807, 2.05) is 30.3 Å². The number of aliphatic carboxylic acids is 1. The number of rotatable bonds is 3. The number of benzene rings is 2. The molecule has 12 heteroatoms. The molecule has 12 nitrogen and oxygen atoms in total. The Hall–Kier alpha value is -4.58. The van der Waals surface area contributed by atoms with Crippen molar-refractivity contribution in [3.8, 4) is 5.75 Å². The van der Waals surface area contributed by atoms with Crippen LogP contribution in [-0.4, -0.2) is 77.6 Å². The second-order valence-electron chi connectivity index (χ2n) is 10.9. The lowest BCUT2D eigenvalue weighted by Gasteiger charge is -2.29. The van der Waals surface area contributed by atoms with Gasteiger partial charge in [0.2, 0.25) is 17.7 Å². The Kier molecular flexibility index (Phi) is 11.0. The van der Waals surface area contributed by atoms with Crippen molar-refractivity contribution in [3.63, 3.8) is 0 Å². The van der Waals surface area contributed by atoms with E-state index in [1.165, 1.54) is 4.90 Å². The van der Waals surface area contributed by atoms with Crippen molar-refractivity contribution in [2.24, 2.45) is 11.5 Å². The normalized spacial score (nSPS) is 25.7. The lowest BCUT2D eigenvalue weighted by atomic mass is 10.0. The van der Waals surface area contributed by atoms with Crippen molar-refractivity contribution < 1.29 is 29.0 Å². The fourth-order valence-corrected chi connectivity index (χ4v) is 5.24. The van der Waals surface area contributed by atoms with Crippen LogP contribution in [-0.2, 0) is 32.0 Å². The van der Waals surface area contributed by atoms with Crippen LogP contribution in [0, 0.1) is 0 Å². The molecule has 0 aliphatic carbocycles. The lowest BCUT2D eigenvalue weighted by molar-refractivity contribution is -0.143. The summed E-state index contributed by atoms with van der Waals surface area (Å²) in [4.78, 5) is 53.9. The van der Waals surface area contributed by atoms with Gasteiger partial charge >= 0.3 is 5.97 Å². The minimum absolute atomic E-state index is 0.0355. The minimum atomic E-state index is -1.23. The first-order valence-corrected chi connectivity index (χ1v) is 14.5. The van der Waals surface area contributed by atoms with E-state index in [1.54, 1.807) is 30.5 Å². The highest BCUT2D eigenvalue weighted by molar-refractivity contribution is 5.94. The third kappa shape index (κ3) is 8.95. The van der Waals surface area contributed by atoms with Gasteiger partial charge in [-0.2, -0.15) is 0 Å². The molecule has 3 amide bonds. The largest absolute Gasteiger partial charge is 0.494 e. The fourth-order valence-electron chi connectivity index (χ4n) is 5.24. The van der Waals surface area contributed by atoms with Crippen LogP contribution in [0.2, 0.25) is 0 Å². The van der Waals surface area contributed by atoms with Crippen LogP contribution in [0.1, 0.15) is 36.8 Å². The quantitative estimate of drug-likeness (QED) is 0.293. The maximum absolute atomic E-state index is 13.5. The maximum atomic E-state index is 13.5. The highest BCUT2D eigenvalue weighted by Gasteiger charge is 2.38. The molecule has 43 heavy (non-hydrogen) atoms. The van der Waals surface area contributed by atoms with Gasteiger partial charge in [-0.15, -0.1) is 0 Å². The SMILES string of the molecule is N/C1=C\NCCCOc2ccc(cc2)CC(C(=O)O)NC(=O)[C@H](Cc2ccccc2)NC(=O)[C@@H]2CCCN2C(=O)C(N)C1. The molecule has 0 aromatic heterocycles. The molecule has 1 fully saturated rings. The number of nitrogens with one attached hydrogen (secondary N) is 3. The molecule has 3 aliphatic rings. The zero-order valence-corrected chi connectivity index (χ0v) is 24.0. The van der Waals surface area contributed by atoms with Gasteiger partial charge in [0.05, 0.1) is 12.6 Å². The van der Waals surface area contributed by atoms with Gasteiger partial charge in [-0.25, -0.2) is 4.79 Å². The first kappa shape index (κ1) is 31.4. The summed E-state index contributed by atoms with van der Waals surface area (Å²) in [5, 5.41) is 18.4. The Balaban J connectivity index is 1.59. The Bertz CT molecular complexity index is 1300. The van der Waals surface area contributed by atoms with Crippen LogP contribution >= 0.6 is 0 Å². The number of fused-ring (bicyclic) bond motifs is 16. The van der Waals surface area contributed by atoms with Gasteiger partial charge in [0.1, 0.15) is 23.9 Å². The van der Waals surface area contributed by atoms with Crippen LogP contribution in [0.25, 0.3) is 0 Å². The Morgan fingerprint density at radius 3 is 2.44 bits per heavy atom. The number of nitrogens with two attached hydrogens (primary N) is 2. The second-order valence-corrected chi connectivity index (χ2v) is 10.9. The topological polar surface area (TPSA) is 189 Å². The van der Waals surface area contributed by atoms with Gasteiger partial charge in [0.25, 0.3) is 0 Å². The predicted molar refractivity (Wildman–Crippen MR) is 160 cm³/mol. The number of amides is 3. The average Bonchev–Trinajstić information content (AvgIpc) is 3.49. The van der Waals surface area contributed by atoms with E-state index in [0.717, 1.165) is 5.56 Å². The standard InChI is InChI=1S/C31H40N6O6/c32-22-18-24(33)30(40)37-14-4-8-27(37)29(39)35-25(16-20-6-2-1-3-7-20)28(38)36-26(31(41)42)17-21-9-11-23(12-10-21)43-15-5-13-34-19-22/h1-3,6-7,9-12,19,24-27,34H,4-5,8,13-18,32-33H2,(H,35,39)(H,36,38)(H,41,42)/b22-19-/t24?,25-,26?,27-/m0/s1. The number of carboxylic acid groups (broad SMARTS) is 1. The number of carboxylic acids is 1. The van der Waals surface area contributed by atoms with Crippen LogP contribution in [0.3, 0.4) is 0 Å². The van der Waals surface area contributed by atoms with E-state index in [0.29, 0.717) is 56.0 Å². The van der Waals surface area contributed by atoms with Gasteiger partial charge < -0.3 is 42.2 Å². The molecule has 3 aliphatic heterocycles. The van der Waals surface area contributed by atoms with Crippen LogP contribution < -0.4 is 32.2 Å². The molecule has 4 atom stereocenters. The maximum Gasteiger partial charge on any atom is 0.326 e. The van der Waals surface area contributed by atoms with Gasteiger partial charge in [0.15, 0.2) is 0 Å². The minimum Gasteiger partial charge on any atom is -0.494 e. The molecule has 2 unspecified atom stereocenters. The summed E-state index contributed by atoms with van der Waals surface area (Å²) in [5.41, 5.74) is 14.2. The van der Waals surface area contributed by atoms with Gasteiger partial charge in [0, 0.05) is 44.2 Å². The summed E-state index contributed by atoms with van der Waals surface area (Å²) in [6, 6.07) is 12.0. The van der Waals surface area contributed by atoms with Crippen LogP contribution in [0.4, 0.5) is 0 Å². The molecule has 5 rings (SSSR count). The summed E-state index contributed by atoms with van der Waals surface area (Å²) >= 11 is 0. The van der Waals surface area contributed by atoms with E-state index < -0.39 is 47.9 Å². The fraction of sp³-hybridized carbons (Fsp3) is 0.419. The van der Waals surface area contributed by atoms with E-state index in [9.17, 15) is 24.3 Å². The Labute approximate surface area is 250 Å². The average molecular weight is 593 g/mol. The number of hydrogen-bond donors (Lipinski definition) is 6. The summed E-state index contributed by atoms with van der Waals surface area (Å²) in [6.07, 6.45) is 3.58. The molecule has 2 bridgehead atoms. The van der Waals surface area contributed by atoms with Crippen molar-refractivity contribution in [3.05, 3.63) is 77.6 Å². The molecule has 2 aromatic carbocycles. The number of hydrogen-bond acceptors (Lipinski definition) is 8. The molecule has 0 saturated carbocycles. The molecule has 0 radical (unpaired) electrons. The first-order chi connectivity index (χ1) is 20.7. The third-order valence-electron chi connectivity index (χ3n) is 7.53. The van der Waals surface area contributed by atoms with Gasteiger partial charge in [-0.05, 0) is 42.5 Å². The van der Waals surface area contributed by atoms with Gasteiger partial charge in [-0.1, -0.05) is 42.5 Å². The van der Waals surface area contributed by atoms with Crippen molar-refractivity contribution >= 4 is 23.7 Å². The van der Waals surface area contributed by atoms with E-state index in [-0.39, 0.29) is 19.3 Å². The molecule has 2 aromatic rings. The van der Waals surface area contributed by atoms with Crippen LogP contribution in [0.5, 0.6) is 5.75 Å². The van der Waals surface area contributed by atoms with E-state index >= 15 is 0 Å². The van der Waals surface area contributed by atoms with Gasteiger partial charge in [-0.3, -0.25) is 14.4 Å². The number of carbonyl (C=O) groups is 4. The smallest absolute Gasteiger partial charge is 0.326 e. The molecular weight excluding hydrogens is 552 g/mol. The van der Waals surface area contributed by atoms with Crippen molar-refractivity contribution in [2.75, 3.05) is 19.7 Å². The molecule has 1 saturated heterocycles. The highest BCUT2D eigenvalue weighted by atomic mass is 16.5. The monoisotopic (exact) mass is 592 g/mol. The van der Waals surface area contributed by atoms with Crippen LogP contribution in [0.15, 0.2) is 66.5 Å². The molecule has 230 valence electrons. The number of ether oxygens (including phenoxy) is 1. The zero-order valence-electron chi connectivity index (χ0n) is 24.0. The van der Waals surface area contributed by atoms with E-state index in [4.69, 9.17) is 16.2 Å². The Morgan fingerprint density at radius 1 is 0.977 bits per heavy atom. The number of carbonyl (C=O) groups excluding carboxylic acids is 3. The van der Waals surface area contributed by atoms with Crippen molar-refractivity contribution in [2.45, 2.75) is 62.7 Å². The highest BCUT2D eigenvalue weighted by Crippen LogP contribution is 2.20.